The maximum absolute atomic E-state index is 6.21. The molecule has 0 aliphatic rings. The van der Waals surface area contributed by atoms with Gasteiger partial charge in [-0.25, -0.2) is 0 Å². The number of nitrogens with two attached hydrogens (primary N) is 1. The zero-order chi connectivity index (χ0) is 15.8. The van der Waals surface area contributed by atoms with Crippen molar-refractivity contribution >= 4 is 17.3 Å². The fourth-order valence-electron chi connectivity index (χ4n) is 2.55. The van der Waals surface area contributed by atoms with E-state index in [0.29, 0.717) is 6.04 Å². The molecule has 1 rings (SSSR count). The lowest BCUT2D eigenvalue weighted by atomic mass is 10.0. The SMILES string of the molecule is CCCCN(c1ccc(Cl)cc1CC(N)CC)C(C)CC. The number of anilines is 1. The Hall–Kier alpha value is -0.730. The van der Waals surface area contributed by atoms with Crippen molar-refractivity contribution in [3.8, 4) is 0 Å². The Balaban J connectivity index is 3.10. The third-order valence-corrected chi connectivity index (χ3v) is 4.47. The van der Waals surface area contributed by atoms with Crippen LogP contribution in [0.25, 0.3) is 0 Å². The summed E-state index contributed by atoms with van der Waals surface area (Å²) in [5.74, 6) is 0. The van der Waals surface area contributed by atoms with Gasteiger partial charge in [0.2, 0.25) is 0 Å². The van der Waals surface area contributed by atoms with Gasteiger partial charge in [-0.3, -0.25) is 0 Å². The highest BCUT2D eigenvalue weighted by atomic mass is 35.5. The van der Waals surface area contributed by atoms with E-state index in [-0.39, 0.29) is 6.04 Å². The first-order chi connectivity index (χ1) is 10.0. The van der Waals surface area contributed by atoms with Crippen LogP contribution >= 0.6 is 11.6 Å². The minimum atomic E-state index is 0.201. The number of rotatable bonds is 9. The number of nitrogens with zero attached hydrogens (tertiary/aromatic N) is 1. The topological polar surface area (TPSA) is 29.3 Å². The van der Waals surface area contributed by atoms with Crippen molar-refractivity contribution in [2.75, 3.05) is 11.4 Å². The Bertz CT molecular complexity index is 420. The summed E-state index contributed by atoms with van der Waals surface area (Å²) in [6.45, 7) is 10.0. The largest absolute Gasteiger partial charge is 0.369 e. The van der Waals surface area contributed by atoms with E-state index in [0.717, 1.165) is 30.8 Å². The van der Waals surface area contributed by atoms with E-state index in [1.54, 1.807) is 0 Å². The first kappa shape index (κ1) is 18.3. The third kappa shape index (κ3) is 5.52. The van der Waals surface area contributed by atoms with Crippen LogP contribution in [0.4, 0.5) is 5.69 Å². The Morgan fingerprint density at radius 1 is 1.19 bits per heavy atom. The van der Waals surface area contributed by atoms with Gasteiger partial charge in [-0.1, -0.05) is 38.8 Å². The van der Waals surface area contributed by atoms with E-state index in [1.807, 2.05) is 6.07 Å². The highest BCUT2D eigenvalue weighted by Gasteiger charge is 2.17. The fourth-order valence-corrected chi connectivity index (χ4v) is 2.75. The second-order valence-electron chi connectivity index (χ2n) is 5.95. The van der Waals surface area contributed by atoms with Gasteiger partial charge in [-0.05, 0) is 56.4 Å². The molecule has 0 aromatic heterocycles. The molecular weight excluding hydrogens is 280 g/mol. The molecule has 21 heavy (non-hydrogen) atoms. The zero-order valence-corrected chi connectivity index (χ0v) is 14.8. The van der Waals surface area contributed by atoms with Gasteiger partial charge in [0.25, 0.3) is 0 Å². The normalized spacial score (nSPS) is 14.0. The van der Waals surface area contributed by atoms with Crippen LogP contribution in [0.15, 0.2) is 18.2 Å². The molecule has 0 spiro atoms. The summed E-state index contributed by atoms with van der Waals surface area (Å²) >= 11 is 6.21. The van der Waals surface area contributed by atoms with Gasteiger partial charge < -0.3 is 10.6 Å². The molecule has 1 aromatic rings. The molecule has 0 amide bonds. The third-order valence-electron chi connectivity index (χ3n) is 4.23. The summed E-state index contributed by atoms with van der Waals surface area (Å²) in [5, 5.41) is 0.802. The van der Waals surface area contributed by atoms with Gasteiger partial charge in [-0.2, -0.15) is 0 Å². The van der Waals surface area contributed by atoms with E-state index < -0.39 is 0 Å². The predicted molar refractivity (Wildman–Crippen MR) is 95.4 cm³/mol. The molecule has 0 saturated carbocycles. The lowest BCUT2D eigenvalue weighted by Crippen LogP contribution is -2.35. The number of hydrogen-bond acceptors (Lipinski definition) is 2. The Kier molecular flexibility index (Phi) is 8.13. The summed E-state index contributed by atoms with van der Waals surface area (Å²) in [4.78, 5) is 2.53. The molecule has 2 atom stereocenters. The van der Waals surface area contributed by atoms with Gasteiger partial charge in [0, 0.05) is 29.3 Å². The second-order valence-corrected chi connectivity index (χ2v) is 6.39. The summed E-state index contributed by atoms with van der Waals surface area (Å²) in [7, 11) is 0. The van der Waals surface area contributed by atoms with Crippen molar-refractivity contribution in [1.29, 1.82) is 0 Å². The molecule has 0 aliphatic carbocycles. The molecule has 2 nitrogen and oxygen atoms in total. The maximum atomic E-state index is 6.21. The van der Waals surface area contributed by atoms with Crippen LogP contribution < -0.4 is 10.6 Å². The van der Waals surface area contributed by atoms with E-state index in [1.165, 1.54) is 24.1 Å². The molecule has 120 valence electrons. The average Bonchev–Trinajstić information content (AvgIpc) is 2.48. The lowest BCUT2D eigenvalue weighted by Gasteiger charge is -2.33. The molecule has 0 aliphatic heterocycles. The van der Waals surface area contributed by atoms with E-state index >= 15 is 0 Å². The van der Waals surface area contributed by atoms with Crippen molar-refractivity contribution in [2.24, 2.45) is 5.73 Å². The summed E-state index contributed by atoms with van der Waals surface area (Å²) in [6, 6.07) is 7.00. The fraction of sp³-hybridized carbons (Fsp3) is 0.667. The predicted octanol–water partition coefficient (Wildman–Crippen LogP) is 5.02. The van der Waals surface area contributed by atoms with Crippen molar-refractivity contribution in [3.05, 3.63) is 28.8 Å². The van der Waals surface area contributed by atoms with Crippen molar-refractivity contribution < 1.29 is 0 Å². The summed E-state index contributed by atoms with van der Waals surface area (Å²) in [6.07, 6.45) is 5.46. The van der Waals surface area contributed by atoms with Crippen molar-refractivity contribution in [1.82, 2.24) is 0 Å². The molecule has 1 aromatic carbocycles. The van der Waals surface area contributed by atoms with Gasteiger partial charge in [0.15, 0.2) is 0 Å². The molecule has 2 N–H and O–H groups in total. The Morgan fingerprint density at radius 2 is 1.90 bits per heavy atom. The van der Waals surface area contributed by atoms with Crippen molar-refractivity contribution in [3.63, 3.8) is 0 Å². The van der Waals surface area contributed by atoms with Crippen LogP contribution in [0.2, 0.25) is 5.02 Å². The van der Waals surface area contributed by atoms with E-state index in [4.69, 9.17) is 17.3 Å². The molecule has 0 heterocycles. The zero-order valence-electron chi connectivity index (χ0n) is 14.0. The van der Waals surface area contributed by atoms with Crippen LogP contribution in [0.5, 0.6) is 0 Å². The quantitative estimate of drug-likeness (QED) is 0.693. The maximum Gasteiger partial charge on any atom is 0.0410 e. The van der Waals surface area contributed by atoms with Crippen molar-refractivity contribution in [2.45, 2.75) is 71.9 Å². The first-order valence-electron chi connectivity index (χ1n) is 8.34. The highest BCUT2D eigenvalue weighted by Crippen LogP contribution is 2.28. The average molecular weight is 311 g/mol. The van der Waals surface area contributed by atoms with E-state index in [9.17, 15) is 0 Å². The highest BCUT2D eigenvalue weighted by molar-refractivity contribution is 6.30. The second kappa shape index (κ2) is 9.32. The first-order valence-corrected chi connectivity index (χ1v) is 8.71. The smallest absolute Gasteiger partial charge is 0.0410 e. The van der Waals surface area contributed by atoms with Gasteiger partial charge >= 0.3 is 0 Å². The lowest BCUT2D eigenvalue weighted by molar-refractivity contribution is 0.588. The van der Waals surface area contributed by atoms with Crippen LogP contribution in [0.3, 0.4) is 0 Å². The van der Waals surface area contributed by atoms with Gasteiger partial charge in [0.1, 0.15) is 0 Å². The monoisotopic (exact) mass is 310 g/mol. The van der Waals surface area contributed by atoms with Crippen LogP contribution in [-0.4, -0.2) is 18.6 Å². The minimum Gasteiger partial charge on any atom is -0.369 e. The molecule has 0 fully saturated rings. The number of halogens is 1. The standard InChI is InChI=1S/C18H31ClN2/c1-5-8-11-21(14(4)6-2)18-10-9-16(19)12-15(18)13-17(20)7-3/h9-10,12,14,17H,5-8,11,13,20H2,1-4H3. The number of benzene rings is 1. The van der Waals surface area contributed by atoms with Gasteiger partial charge in [-0.15, -0.1) is 0 Å². The molecule has 0 saturated heterocycles. The summed E-state index contributed by atoms with van der Waals surface area (Å²) < 4.78 is 0. The molecule has 3 heteroatoms. The molecule has 0 radical (unpaired) electrons. The van der Waals surface area contributed by atoms with Crippen LogP contribution in [0, 0.1) is 0 Å². The summed E-state index contributed by atoms with van der Waals surface area (Å²) in [5.41, 5.74) is 8.77. The molecule has 2 unspecified atom stereocenters. The number of hydrogen-bond donors (Lipinski definition) is 1. The Morgan fingerprint density at radius 3 is 2.48 bits per heavy atom. The molecule has 0 bridgehead atoms. The van der Waals surface area contributed by atoms with Crippen LogP contribution in [-0.2, 0) is 6.42 Å². The minimum absolute atomic E-state index is 0.201. The Labute approximate surface area is 135 Å². The molecular formula is C18H31ClN2. The van der Waals surface area contributed by atoms with E-state index in [2.05, 4.69) is 44.7 Å². The number of unbranched alkanes of at least 4 members (excludes halogenated alkanes) is 1. The van der Waals surface area contributed by atoms with Crippen LogP contribution in [0.1, 0.15) is 58.9 Å². The van der Waals surface area contributed by atoms with Gasteiger partial charge in [0.05, 0.1) is 0 Å².